The summed E-state index contributed by atoms with van der Waals surface area (Å²) in [6.45, 7) is 2.16. The van der Waals surface area contributed by atoms with E-state index in [1.165, 1.54) is 11.3 Å². The van der Waals surface area contributed by atoms with E-state index in [2.05, 4.69) is 17.3 Å². The monoisotopic (exact) mass is 343 g/mol. The predicted molar refractivity (Wildman–Crippen MR) is 95.4 cm³/mol. The Kier molecular flexibility index (Phi) is 4.97. The standard InChI is InChI=1S/C18H21N3O2S/c1-19-17(22)14-5-3-4-13(10-14)16-11-21(8-7-20(16)2)18(23)15-6-9-24-12-15/h3-6,9-10,12,16H,7-8,11H2,1-2H3,(H,19,22). The van der Waals surface area contributed by atoms with E-state index in [0.717, 1.165) is 24.2 Å². The fraction of sp³-hybridized carbons (Fsp3) is 0.333. The summed E-state index contributed by atoms with van der Waals surface area (Å²) in [5.74, 6) is -0.0154. The molecule has 1 aliphatic heterocycles. The molecule has 1 atom stereocenters. The molecule has 0 spiro atoms. The molecular weight excluding hydrogens is 322 g/mol. The van der Waals surface area contributed by atoms with Crippen molar-refractivity contribution in [3.8, 4) is 0 Å². The van der Waals surface area contributed by atoms with Crippen LogP contribution in [0.5, 0.6) is 0 Å². The average Bonchev–Trinajstić information content (AvgIpc) is 3.15. The zero-order chi connectivity index (χ0) is 17.1. The number of piperazine rings is 1. The topological polar surface area (TPSA) is 52.7 Å². The van der Waals surface area contributed by atoms with Crippen LogP contribution in [0, 0.1) is 0 Å². The number of rotatable bonds is 3. The average molecular weight is 343 g/mol. The molecule has 1 fully saturated rings. The van der Waals surface area contributed by atoms with Crippen molar-refractivity contribution >= 4 is 23.2 Å². The molecule has 1 aromatic carbocycles. The van der Waals surface area contributed by atoms with E-state index in [4.69, 9.17) is 0 Å². The summed E-state index contributed by atoms with van der Waals surface area (Å²) in [6, 6.07) is 9.59. The second kappa shape index (κ2) is 7.15. The number of likely N-dealkylation sites (N-methyl/N-ethyl adjacent to an activating group) is 1. The molecule has 0 radical (unpaired) electrons. The zero-order valence-corrected chi connectivity index (χ0v) is 14.7. The maximum atomic E-state index is 12.6. The van der Waals surface area contributed by atoms with Gasteiger partial charge < -0.3 is 10.2 Å². The molecule has 126 valence electrons. The summed E-state index contributed by atoms with van der Waals surface area (Å²) in [7, 11) is 3.69. The molecule has 5 nitrogen and oxygen atoms in total. The van der Waals surface area contributed by atoms with E-state index in [1.807, 2.05) is 39.9 Å². The summed E-state index contributed by atoms with van der Waals surface area (Å²) in [5, 5.41) is 6.47. The summed E-state index contributed by atoms with van der Waals surface area (Å²) in [4.78, 5) is 28.6. The second-order valence-electron chi connectivity index (χ2n) is 5.96. The number of amides is 2. The number of hydrogen-bond acceptors (Lipinski definition) is 4. The van der Waals surface area contributed by atoms with Crippen LogP contribution in [0.4, 0.5) is 0 Å². The van der Waals surface area contributed by atoms with Gasteiger partial charge in [-0.25, -0.2) is 0 Å². The maximum absolute atomic E-state index is 12.6. The van der Waals surface area contributed by atoms with Gasteiger partial charge in [-0.05, 0) is 36.2 Å². The highest BCUT2D eigenvalue weighted by Gasteiger charge is 2.29. The van der Waals surface area contributed by atoms with Gasteiger partial charge in [-0.2, -0.15) is 11.3 Å². The fourth-order valence-corrected chi connectivity index (χ4v) is 3.65. The first-order valence-electron chi connectivity index (χ1n) is 7.94. The van der Waals surface area contributed by atoms with Crippen molar-refractivity contribution in [2.45, 2.75) is 6.04 Å². The summed E-state index contributed by atoms with van der Waals surface area (Å²) in [5.41, 5.74) is 2.45. The lowest BCUT2D eigenvalue weighted by molar-refractivity contribution is 0.0546. The molecule has 2 aromatic rings. The highest BCUT2D eigenvalue weighted by atomic mass is 32.1. The molecule has 2 heterocycles. The van der Waals surface area contributed by atoms with Gasteiger partial charge in [0, 0.05) is 37.6 Å². The van der Waals surface area contributed by atoms with Gasteiger partial charge >= 0.3 is 0 Å². The van der Waals surface area contributed by atoms with Crippen LogP contribution in [0.3, 0.4) is 0 Å². The number of carbonyl (C=O) groups is 2. The third-order valence-electron chi connectivity index (χ3n) is 4.46. The van der Waals surface area contributed by atoms with Crippen LogP contribution in [0.15, 0.2) is 41.1 Å². The number of nitrogens with one attached hydrogen (secondary N) is 1. The lowest BCUT2D eigenvalue weighted by atomic mass is 10.00. The van der Waals surface area contributed by atoms with Crippen LogP contribution in [0.25, 0.3) is 0 Å². The van der Waals surface area contributed by atoms with Crippen molar-refractivity contribution < 1.29 is 9.59 Å². The summed E-state index contributed by atoms with van der Waals surface area (Å²) < 4.78 is 0. The highest BCUT2D eigenvalue weighted by Crippen LogP contribution is 2.26. The third kappa shape index (κ3) is 3.34. The van der Waals surface area contributed by atoms with E-state index >= 15 is 0 Å². The Morgan fingerprint density at radius 3 is 2.75 bits per heavy atom. The largest absolute Gasteiger partial charge is 0.355 e. The van der Waals surface area contributed by atoms with Crippen molar-refractivity contribution in [2.75, 3.05) is 33.7 Å². The first kappa shape index (κ1) is 16.7. The lowest BCUT2D eigenvalue weighted by Crippen LogP contribution is -2.49. The van der Waals surface area contributed by atoms with Gasteiger partial charge in [-0.15, -0.1) is 0 Å². The fourth-order valence-electron chi connectivity index (χ4n) is 3.02. The van der Waals surface area contributed by atoms with E-state index in [0.29, 0.717) is 12.1 Å². The molecule has 0 bridgehead atoms. The molecule has 1 aliphatic rings. The number of nitrogens with zero attached hydrogens (tertiary/aromatic N) is 2. The van der Waals surface area contributed by atoms with Crippen molar-refractivity contribution in [3.05, 3.63) is 57.8 Å². The SMILES string of the molecule is CNC(=O)c1cccc(C2CN(C(=O)c3ccsc3)CCN2C)c1. The second-order valence-corrected chi connectivity index (χ2v) is 6.74. The minimum Gasteiger partial charge on any atom is -0.355 e. The highest BCUT2D eigenvalue weighted by molar-refractivity contribution is 7.08. The molecule has 6 heteroatoms. The molecule has 24 heavy (non-hydrogen) atoms. The number of carbonyl (C=O) groups excluding carboxylic acids is 2. The molecule has 3 rings (SSSR count). The van der Waals surface area contributed by atoms with Gasteiger partial charge in [0.25, 0.3) is 11.8 Å². The third-order valence-corrected chi connectivity index (χ3v) is 5.15. The smallest absolute Gasteiger partial charge is 0.254 e. The quantitative estimate of drug-likeness (QED) is 0.930. The van der Waals surface area contributed by atoms with Crippen LogP contribution in [0.1, 0.15) is 32.3 Å². The van der Waals surface area contributed by atoms with Gasteiger partial charge in [-0.1, -0.05) is 12.1 Å². The predicted octanol–water partition coefficient (Wildman–Crippen LogP) is 2.24. The van der Waals surface area contributed by atoms with Crippen LogP contribution in [0.2, 0.25) is 0 Å². The molecule has 1 unspecified atom stereocenters. The Labute approximate surface area is 145 Å². The molecule has 1 aromatic heterocycles. The van der Waals surface area contributed by atoms with Gasteiger partial charge in [0.05, 0.1) is 11.6 Å². The van der Waals surface area contributed by atoms with E-state index in [-0.39, 0.29) is 17.9 Å². The zero-order valence-electron chi connectivity index (χ0n) is 13.9. The van der Waals surface area contributed by atoms with Crippen molar-refractivity contribution in [3.63, 3.8) is 0 Å². The Balaban J connectivity index is 1.81. The number of benzene rings is 1. The Bertz CT molecular complexity index is 730. The van der Waals surface area contributed by atoms with E-state index in [1.54, 1.807) is 13.1 Å². The molecule has 1 saturated heterocycles. The Morgan fingerprint density at radius 1 is 1.21 bits per heavy atom. The first-order valence-corrected chi connectivity index (χ1v) is 8.88. The summed E-state index contributed by atoms with van der Waals surface area (Å²) >= 11 is 1.53. The Morgan fingerprint density at radius 2 is 2.04 bits per heavy atom. The van der Waals surface area contributed by atoms with Crippen molar-refractivity contribution in [1.29, 1.82) is 0 Å². The van der Waals surface area contributed by atoms with Gasteiger partial charge in [0.15, 0.2) is 0 Å². The molecule has 2 amide bonds. The van der Waals surface area contributed by atoms with Crippen LogP contribution in [-0.2, 0) is 0 Å². The Hall–Kier alpha value is -2.18. The number of thiophene rings is 1. The molecule has 1 N–H and O–H groups in total. The number of hydrogen-bond donors (Lipinski definition) is 1. The van der Waals surface area contributed by atoms with Crippen molar-refractivity contribution in [2.24, 2.45) is 0 Å². The van der Waals surface area contributed by atoms with E-state index in [9.17, 15) is 9.59 Å². The lowest BCUT2D eigenvalue weighted by Gasteiger charge is -2.39. The molecule has 0 saturated carbocycles. The van der Waals surface area contributed by atoms with Gasteiger partial charge in [0.1, 0.15) is 0 Å². The van der Waals surface area contributed by atoms with Gasteiger partial charge in [0.2, 0.25) is 0 Å². The van der Waals surface area contributed by atoms with Crippen LogP contribution < -0.4 is 5.32 Å². The minimum atomic E-state index is -0.0958. The first-order chi connectivity index (χ1) is 11.6. The molecule has 0 aliphatic carbocycles. The molecular formula is C18H21N3O2S. The van der Waals surface area contributed by atoms with Crippen molar-refractivity contribution in [1.82, 2.24) is 15.1 Å². The van der Waals surface area contributed by atoms with E-state index < -0.39 is 0 Å². The van der Waals surface area contributed by atoms with Crippen LogP contribution >= 0.6 is 11.3 Å². The minimum absolute atomic E-state index is 0.0804. The van der Waals surface area contributed by atoms with Gasteiger partial charge in [-0.3, -0.25) is 14.5 Å². The normalized spacial score (nSPS) is 18.4. The summed E-state index contributed by atoms with van der Waals surface area (Å²) in [6.07, 6.45) is 0. The van der Waals surface area contributed by atoms with Crippen LogP contribution in [-0.4, -0.2) is 55.3 Å². The maximum Gasteiger partial charge on any atom is 0.254 e.